The molecule has 0 unspecified atom stereocenters. The number of benzene rings is 1. The second-order valence-corrected chi connectivity index (χ2v) is 8.78. The molecule has 32 heavy (non-hydrogen) atoms. The molecule has 0 spiro atoms. The first-order valence-corrected chi connectivity index (χ1v) is 11.3. The summed E-state index contributed by atoms with van der Waals surface area (Å²) in [7, 11) is 1.60. The molecule has 5 aromatic rings. The van der Waals surface area contributed by atoms with Gasteiger partial charge in [0.25, 0.3) is 5.91 Å². The van der Waals surface area contributed by atoms with Gasteiger partial charge < -0.3 is 15.8 Å². The Hall–Kier alpha value is -3.82. The number of hydrogen-bond acceptors (Lipinski definition) is 8. The fourth-order valence-corrected chi connectivity index (χ4v) is 5.10. The molecule has 0 saturated carbocycles. The van der Waals surface area contributed by atoms with Gasteiger partial charge in [0.1, 0.15) is 21.2 Å². The normalized spacial score (nSPS) is 10.9. The number of methoxy groups -OCH3 is 1. The zero-order valence-electron chi connectivity index (χ0n) is 16.9. The van der Waals surface area contributed by atoms with Crippen LogP contribution in [0.1, 0.15) is 9.67 Å². The number of ether oxygens (including phenoxy) is 1. The molecule has 9 heteroatoms. The molecule has 4 heterocycles. The molecule has 158 valence electrons. The molecule has 0 saturated heterocycles. The Bertz CT molecular complexity index is 1400. The highest BCUT2D eigenvalue weighted by molar-refractivity contribution is 7.21. The molecule has 7 nitrogen and oxygen atoms in total. The monoisotopic (exact) mass is 459 g/mol. The van der Waals surface area contributed by atoms with Gasteiger partial charge in [0.15, 0.2) is 0 Å². The van der Waals surface area contributed by atoms with Crippen LogP contribution in [0.3, 0.4) is 0 Å². The van der Waals surface area contributed by atoms with E-state index >= 15 is 0 Å². The highest BCUT2D eigenvalue weighted by atomic mass is 32.1. The third-order valence-corrected chi connectivity index (χ3v) is 6.87. The predicted octanol–water partition coefficient (Wildman–Crippen LogP) is 5.32. The number of nitrogen functional groups attached to an aromatic ring is 1. The minimum Gasteiger partial charge on any atom is -0.497 e. The zero-order valence-corrected chi connectivity index (χ0v) is 18.5. The minimum absolute atomic E-state index is 0.283. The van der Waals surface area contributed by atoms with Gasteiger partial charge in [-0.25, -0.2) is 4.98 Å². The van der Waals surface area contributed by atoms with Crippen LogP contribution in [0.2, 0.25) is 0 Å². The van der Waals surface area contributed by atoms with E-state index < -0.39 is 0 Å². The lowest BCUT2D eigenvalue weighted by Crippen LogP contribution is -2.11. The molecule has 0 atom stereocenters. The minimum atomic E-state index is -0.283. The summed E-state index contributed by atoms with van der Waals surface area (Å²) in [6.07, 6.45) is 4.91. The van der Waals surface area contributed by atoms with Gasteiger partial charge in [-0.05, 0) is 41.8 Å². The number of hydrogen-bond donors (Lipinski definition) is 2. The molecule has 1 aromatic carbocycles. The highest BCUT2D eigenvalue weighted by Gasteiger charge is 2.22. The number of nitrogens with two attached hydrogens (primary N) is 1. The van der Waals surface area contributed by atoms with Gasteiger partial charge in [-0.3, -0.25) is 14.8 Å². The van der Waals surface area contributed by atoms with E-state index in [4.69, 9.17) is 15.5 Å². The standard InChI is InChI=1S/C23H17N5O2S2/c1-30-14-6-4-13(5-7-14)27-22(29)21-20(24)19-15(18-3-2-10-31-18)11-16(28-23(19)32-21)17-12-25-8-9-26-17/h2-12H,24H2,1H3,(H,27,29). The number of carbonyl (C=O) groups is 1. The van der Waals surface area contributed by atoms with Gasteiger partial charge in [0.05, 0.1) is 24.7 Å². The summed E-state index contributed by atoms with van der Waals surface area (Å²) in [5.41, 5.74) is 9.82. The molecule has 0 aliphatic heterocycles. The maximum atomic E-state index is 13.1. The van der Waals surface area contributed by atoms with Crippen LogP contribution >= 0.6 is 22.7 Å². The largest absolute Gasteiger partial charge is 0.497 e. The van der Waals surface area contributed by atoms with Crippen molar-refractivity contribution in [2.75, 3.05) is 18.2 Å². The predicted molar refractivity (Wildman–Crippen MR) is 129 cm³/mol. The van der Waals surface area contributed by atoms with Crippen LogP contribution in [0.25, 0.3) is 32.0 Å². The smallest absolute Gasteiger partial charge is 0.267 e. The van der Waals surface area contributed by atoms with E-state index in [0.717, 1.165) is 15.8 Å². The van der Waals surface area contributed by atoms with Crippen LogP contribution in [0, 0.1) is 0 Å². The Kier molecular flexibility index (Phi) is 5.26. The van der Waals surface area contributed by atoms with Gasteiger partial charge in [0.2, 0.25) is 0 Å². The van der Waals surface area contributed by atoms with Crippen molar-refractivity contribution in [3.63, 3.8) is 0 Å². The maximum Gasteiger partial charge on any atom is 0.267 e. The van der Waals surface area contributed by atoms with Crippen LogP contribution in [0.4, 0.5) is 11.4 Å². The summed E-state index contributed by atoms with van der Waals surface area (Å²) in [5, 5.41) is 5.67. The Morgan fingerprint density at radius 1 is 1.12 bits per heavy atom. The van der Waals surface area contributed by atoms with Crippen LogP contribution in [0.5, 0.6) is 5.75 Å². The third-order valence-electron chi connectivity index (χ3n) is 4.87. The molecule has 5 rings (SSSR count). The van der Waals surface area contributed by atoms with Crippen molar-refractivity contribution in [1.29, 1.82) is 0 Å². The third kappa shape index (κ3) is 3.68. The molecule has 0 bridgehead atoms. The second kappa shape index (κ2) is 8.37. The quantitative estimate of drug-likeness (QED) is 0.368. The number of thiophene rings is 2. The number of anilines is 2. The van der Waals surface area contributed by atoms with Crippen molar-refractivity contribution in [1.82, 2.24) is 15.0 Å². The molecular weight excluding hydrogens is 442 g/mol. The van der Waals surface area contributed by atoms with Crippen LogP contribution in [-0.4, -0.2) is 28.0 Å². The zero-order chi connectivity index (χ0) is 22.1. The van der Waals surface area contributed by atoms with Gasteiger partial charge in [-0.15, -0.1) is 22.7 Å². The van der Waals surface area contributed by atoms with Crippen LogP contribution in [0.15, 0.2) is 66.4 Å². The van der Waals surface area contributed by atoms with E-state index in [2.05, 4.69) is 15.3 Å². The lowest BCUT2D eigenvalue weighted by molar-refractivity contribution is 0.103. The van der Waals surface area contributed by atoms with Gasteiger partial charge in [0, 0.05) is 33.9 Å². The average molecular weight is 460 g/mol. The topological polar surface area (TPSA) is 103 Å². The first kappa shape index (κ1) is 20.1. The van der Waals surface area contributed by atoms with Crippen molar-refractivity contribution in [3.8, 4) is 27.6 Å². The van der Waals surface area contributed by atoms with E-state index in [-0.39, 0.29) is 5.91 Å². The van der Waals surface area contributed by atoms with Crippen molar-refractivity contribution in [3.05, 3.63) is 71.3 Å². The van der Waals surface area contributed by atoms with Crippen molar-refractivity contribution >= 4 is 50.2 Å². The summed E-state index contributed by atoms with van der Waals surface area (Å²) in [5.74, 6) is 0.430. The van der Waals surface area contributed by atoms with Gasteiger partial charge >= 0.3 is 0 Å². The Labute approximate surface area is 191 Å². The number of rotatable bonds is 5. The van der Waals surface area contributed by atoms with Crippen LogP contribution in [-0.2, 0) is 0 Å². The molecule has 0 aliphatic carbocycles. The lowest BCUT2D eigenvalue weighted by Gasteiger charge is -2.07. The summed E-state index contributed by atoms with van der Waals surface area (Å²) >= 11 is 2.86. The summed E-state index contributed by atoms with van der Waals surface area (Å²) in [4.78, 5) is 28.5. The van der Waals surface area contributed by atoms with E-state index in [1.165, 1.54) is 11.3 Å². The number of fused-ring (bicyclic) bond motifs is 1. The van der Waals surface area contributed by atoms with E-state index in [1.807, 2.05) is 23.6 Å². The molecule has 1 amide bonds. The average Bonchev–Trinajstić information content (AvgIpc) is 3.48. The Morgan fingerprint density at radius 2 is 1.97 bits per heavy atom. The van der Waals surface area contributed by atoms with Crippen molar-refractivity contribution < 1.29 is 9.53 Å². The van der Waals surface area contributed by atoms with Crippen LogP contribution < -0.4 is 15.8 Å². The number of pyridine rings is 1. The summed E-state index contributed by atoms with van der Waals surface area (Å²) in [6.45, 7) is 0. The molecule has 0 radical (unpaired) electrons. The highest BCUT2D eigenvalue weighted by Crippen LogP contribution is 2.42. The fourth-order valence-electron chi connectivity index (χ4n) is 3.34. The number of amides is 1. The van der Waals surface area contributed by atoms with E-state index in [1.54, 1.807) is 61.3 Å². The second-order valence-electron chi connectivity index (χ2n) is 6.83. The summed E-state index contributed by atoms with van der Waals surface area (Å²) in [6, 6.07) is 13.1. The first-order chi connectivity index (χ1) is 15.6. The number of nitrogens with one attached hydrogen (secondary N) is 1. The van der Waals surface area contributed by atoms with Crippen molar-refractivity contribution in [2.45, 2.75) is 0 Å². The first-order valence-electron chi connectivity index (χ1n) is 9.62. The summed E-state index contributed by atoms with van der Waals surface area (Å²) < 4.78 is 5.17. The lowest BCUT2D eigenvalue weighted by atomic mass is 10.1. The van der Waals surface area contributed by atoms with E-state index in [9.17, 15) is 4.79 Å². The molecule has 3 N–H and O–H groups in total. The Morgan fingerprint density at radius 3 is 2.66 bits per heavy atom. The fraction of sp³-hybridized carbons (Fsp3) is 0.0435. The Balaban J connectivity index is 1.61. The maximum absolute atomic E-state index is 13.1. The number of carbonyl (C=O) groups excluding carboxylic acids is 1. The number of nitrogens with zero attached hydrogens (tertiary/aromatic N) is 3. The molecule has 0 fully saturated rings. The van der Waals surface area contributed by atoms with E-state index in [0.29, 0.717) is 38.2 Å². The number of aromatic nitrogens is 3. The van der Waals surface area contributed by atoms with Gasteiger partial charge in [-0.1, -0.05) is 6.07 Å². The van der Waals surface area contributed by atoms with Gasteiger partial charge in [-0.2, -0.15) is 0 Å². The SMILES string of the molecule is COc1ccc(NC(=O)c2sc3nc(-c4cnccn4)cc(-c4cccs4)c3c2N)cc1. The molecule has 4 aromatic heterocycles. The molecular formula is C23H17N5O2S2. The van der Waals surface area contributed by atoms with Crippen molar-refractivity contribution in [2.24, 2.45) is 0 Å². The molecule has 0 aliphatic rings.